The largest absolute Gasteiger partial charge is 0.478 e. The van der Waals surface area contributed by atoms with Crippen LogP contribution in [0.5, 0.6) is 0 Å². The molecule has 1 aliphatic heterocycles. The molecule has 29 heavy (non-hydrogen) atoms. The summed E-state index contributed by atoms with van der Waals surface area (Å²) in [5.74, 6) is -1.49. The van der Waals surface area contributed by atoms with Gasteiger partial charge in [-0.3, -0.25) is 4.79 Å². The highest BCUT2D eigenvalue weighted by atomic mass is 19.1. The minimum atomic E-state index is -1.01. The van der Waals surface area contributed by atoms with Gasteiger partial charge in [-0.2, -0.15) is 0 Å². The van der Waals surface area contributed by atoms with E-state index in [1.165, 1.54) is 12.1 Å². The van der Waals surface area contributed by atoms with Gasteiger partial charge in [0.05, 0.1) is 11.0 Å². The third-order valence-electron chi connectivity index (χ3n) is 6.35. The molecule has 1 aliphatic carbocycles. The number of rotatable bonds is 4. The fourth-order valence-electron chi connectivity index (χ4n) is 5.02. The number of nitrogens with one attached hydrogen (secondary N) is 1. The van der Waals surface area contributed by atoms with Gasteiger partial charge in [-0.25, -0.2) is 9.18 Å². The quantitative estimate of drug-likeness (QED) is 0.702. The molecule has 1 saturated carbocycles. The van der Waals surface area contributed by atoms with Crippen molar-refractivity contribution in [3.05, 3.63) is 101 Å². The molecule has 2 N–H and O–H groups in total. The van der Waals surface area contributed by atoms with Crippen LogP contribution in [0.3, 0.4) is 0 Å². The molecule has 0 unspecified atom stereocenters. The summed E-state index contributed by atoms with van der Waals surface area (Å²) in [6.07, 6.45) is 0.845. The first-order chi connectivity index (χ1) is 14.0. The fraction of sp³-hybridized carbons (Fsp3) is 0.167. The molecule has 0 radical (unpaired) electrons. The highest BCUT2D eigenvalue weighted by Crippen LogP contribution is 2.70. The Labute approximate surface area is 167 Å². The second kappa shape index (κ2) is 6.01. The van der Waals surface area contributed by atoms with Crippen LogP contribution in [0.1, 0.15) is 33.5 Å². The maximum Gasteiger partial charge on any atom is 0.335 e. The van der Waals surface area contributed by atoms with Crippen molar-refractivity contribution in [1.82, 2.24) is 0 Å². The summed E-state index contributed by atoms with van der Waals surface area (Å²) in [7, 11) is 0. The first-order valence-electron chi connectivity index (χ1n) is 9.46. The fourth-order valence-corrected chi connectivity index (χ4v) is 5.02. The number of halogens is 1. The zero-order valence-corrected chi connectivity index (χ0v) is 15.5. The van der Waals surface area contributed by atoms with Gasteiger partial charge in [-0.15, -0.1) is 0 Å². The van der Waals surface area contributed by atoms with Crippen molar-refractivity contribution in [2.75, 3.05) is 5.32 Å². The van der Waals surface area contributed by atoms with Gasteiger partial charge < -0.3 is 10.4 Å². The van der Waals surface area contributed by atoms with Gasteiger partial charge >= 0.3 is 5.97 Å². The van der Waals surface area contributed by atoms with Crippen molar-refractivity contribution in [1.29, 1.82) is 0 Å². The van der Waals surface area contributed by atoms with Crippen molar-refractivity contribution in [3.8, 4) is 0 Å². The Bertz CT molecular complexity index is 1170. The van der Waals surface area contributed by atoms with E-state index in [0.29, 0.717) is 18.4 Å². The summed E-state index contributed by atoms with van der Waals surface area (Å²) in [5.41, 5.74) is 1.45. The van der Waals surface area contributed by atoms with E-state index < -0.39 is 16.8 Å². The number of carbonyl (C=O) groups excluding carboxylic acids is 1. The highest BCUT2D eigenvalue weighted by molar-refractivity contribution is 6.10. The lowest BCUT2D eigenvalue weighted by Gasteiger charge is -2.23. The maximum atomic E-state index is 14.9. The standard InChI is InChI=1S/C24H18FNO3/c25-19-10-3-1-8-17(19)23(13-15-6-5-7-16(12-15)21(27)28)14-24(23)18-9-2-4-11-20(18)26-22(24)29/h1-12H,13-14H2,(H,26,29)(H,27,28)/t23-,24-/m1/s1. The summed E-state index contributed by atoms with van der Waals surface area (Å²) in [5, 5.41) is 12.3. The average molecular weight is 387 g/mol. The van der Waals surface area contributed by atoms with Gasteiger partial charge in [-0.1, -0.05) is 48.5 Å². The zero-order chi connectivity index (χ0) is 20.2. The Balaban J connectivity index is 1.68. The van der Waals surface area contributed by atoms with Gasteiger partial charge in [0, 0.05) is 11.1 Å². The third-order valence-corrected chi connectivity index (χ3v) is 6.35. The van der Waals surface area contributed by atoms with E-state index >= 15 is 0 Å². The SMILES string of the molecule is O=C(O)c1cccc(C[C@]2(c3ccccc3F)C[C@@]23C(=O)Nc2ccccc23)c1. The number of para-hydroxylation sites is 1. The number of fused-ring (bicyclic) bond motifs is 2. The number of aromatic carboxylic acids is 1. The summed E-state index contributed by atoms with van der Waals surface area (Å²) < 4.78 is 14.9. The number of carboxylic acid groups (broad SMARTS) is 1. The monoisotopic (exact) mass is 387 g/mol. The number of amides is 1. The molecule has 1 spiro atoms. The predicted molar refractivity (Wildman–Crippen MR) is 107 cm³/mol. The van der Waals surface area contributed by atoms with Crippen molar-refractivity contribution in [3.63, 3.8) is 0 Å². The Morgan fingerprint density at radius 3 is 2.48 bits per heavy atom. The molecule has 1 fully saturated rings. The van der Waals surface area contributed by atoms with Crippen LogP contribution >= 0.6 is 0 Å². The van der Waals surface area contributed by atoms with Crippen molar-refractivity contribution < 1.29 is 19.1 Å². The molecule has 0 saturated heterocycles. The van der Waals surface area contributed by atoms with Gasteiger partial charge in [0.25, 0.3) is 0 Å². The molecule has 5 rings (SSSR count). The highest BCUT2D eigenvalue weighted by Gasteiger charge is 2.75. The minimum Gasteiger partial charge on any atom is -0.478 e. The van der Waals surface area contributed by atoms with Crippen LogP contribution in [0.2, 0.25) is 0 Å². The lowest BCUT2D eigenvalue weighted by Crippen LogP contribution is -2.31. The van der Waals surface area contributed by atoms with Crippen LogP contribution in [-0.4, -0.2) is 17.0 Å². The molecule has 4 nitrogen and oxygen atoms in total. The maximum absolute atomic E-state index is 14.9. The Hall–Kier alpha value is -3.47. The number of anilines is 1. The summed E-state index contributed by atoms with van der Waals surface area (Å²) in [4.78, 5) is 24.6. The topological polar surface area (TPSA) is 66.4 Å². The van der Waals surface area contributed by atoms with Gasteiger partial charge in [0.15, 0.2) is 0 Å². The molecular weight excluding hydrogens is 369 g/mol. The molecule has 2 aliphatic rings. The molecule has 3 aromatic carbocycles. The molecule has 5 heteroatoms. The van der Waals surface area contributed by atoms with E-state index in [4.69, 9.17) is 0 Å². The first kappa shape index (κ1) is 17.6. The van der Waals surface area contributed by atoms with E-state index in [1.807, 2.05) is 30.3 Å². The third kappa shape index (κ3) is 2.37. The molecule has 1 amide bonds. The average Bonchev–Trinajstić information content (AvgIpc) is 3.29. The van der Waals surface area contributed by atoms with E-state index in [0.717, 1.165) is 16.8 Å². The van der Waals surface area contributed by atoms with Crippen LogP contribution in [0.15, 0.2) is 72.8 Å². The van der Waals surface area contributed by atoms with E-state index in [9.17, 15) is 19.1 Å². The molecule has 144 valence electrons. The second-order valence-electron chi connectivity index (χ2n) is 7.83. The Kier molecular flexibility index (Phi) is 3.65. The number of hydrogen-bond donors (Lipinski definition) is 2. The minimum absolute atomic E-state index is 0.128. The number of benzene rings is 3. The van der Waals surface area contributed by atoms with Crippen LogP contribution in [0.25, 0.3) is 0 Å². The van der Waals surface area contributed by atoms with E-state index in [-0.39, 0.29) is 17.3 Å². The summed E-state index contributed by atoms with van der Waals surface area (Å²) in [6, 6.07) is 20.7. The van der Waals surface area contributed by atoms with Crippen molar-refractivity contribution in [2.45, 2.75) is 23.7 Å². The van der Waals surface area contributed by atoms with Crippen molar-refractivity contribution in [2.24, 2.45) is 0 Å². The molecule has 2 atom stereocenters. The number of carboxylic acids is 1. The van der Waals surface area contributed by atoms with Crippen LogP contribution < -0.4 is 5.32 Å². The normalized spacial score (nSPS) is 24.2. The molecule has 1 heterocycles. The van der Waals surface area contributed by atoms with Gasteiger partial charge in [-0.05, 0) is 53.8 Å². The lowest BCUT2D eigenvalue weighted by atomic mass is 9.78. The predicted octanol–water partition coefficient (Wildman–Crippen LogP) is 4.30. The van der Waals surface area contributed by atoms with Crippen LogP contribution in [0, 0.1) is 5.82 Å². The molecular formula is C24H18FNO3. The van der Waals surface area contributed by atoms with Crippen LogP contribution in [-0.2, 0) is 22.0 Å². The molecule has 0 bridgehead atoms. The smallest absolute Gasteiger partial charge is 0.335 e. The van der Waals surface area contributed by atoms with Gasteiger partial charge in [0.1, 0.15) is 5.82 Å². The van der Waals surface area contributed by atoms with Crippen molar-refractivity contribution >= 4 is 17.6 Å². The van der Waals surface area contributed by atoms with E-state index in [2.05, 4.69) is 5.32 Å². The van der Waals surface area contributed by atoms with E-state index in [1.54, 1.807) is 30.3 Å². The zero-order valence-electron chi connectivity index (χ0n) is 15.5. The Morgan fingerprint density at radius 2 is 1.72 bits per heavy atom. The number of carbonyl (C=O) groups is 2. The molecule has 0 aromatic heterocycles. The first-order valence-corrected chi connectivity index (χ1v) is 9.46. The van der Waals surface area contributed by atoms with Gasteiger partial charge in [0.2, 0.25) is 5.91 Å². The number of hydrogen-bond acceptors (Lipinski definition) is 2. The second-order valence-corrected chi connectivity index (χ2v) is 7.83. The molecule has 3 aromatic rings. The Morgan fingerprint density at radius 1 is 1.00 bits per heavy atom. The summed E-state index contributed by atoms with van der Waals surface area (Å²) >= 11 is 0. The summed E-state index contributed by atoms with van der Waals surface area (Å²) in [6.45, 7) is 0. The lowest BCUT2D eigenvalue weighted by molar-refractivity contribution is -0.118. The van der Waals surface area contributed by atoms with Crippen LogP contribution in [0.4, 0.5) is 10.1 Å².